The van der Waals surface area contributed by atoms with E-state index >= 15 is 0 Å². The van der Waals surface area contributed by atoms with Gasteiger partial charge < -0.3 is 75.2 Å². The third kappa shape index (κ3) is 7.20. The molecule has 3 aliphatic heterocycles. The number of hydrogen-bond donors (Lipinski definition) is 10. The molecule has 0 radical (unpaired) electrons. The Morgan fingerprint density at radius 3 is 1.92 bits per heavy atom. The zero-order valence-electron chi connectivity index (χ0n) is 21.5. The van der Waals surface area contributed by atoms with Gasteiger partial charge in [0.1, 0.15) is 67.0 Å². The van der Waals surface area contributed by atoms with Gasteiger partial charge >= 0.3 is 0 Å². The Balaban J connectivity index is 1.84. The summed E-state index contributed by atoms with van der Waals surface area (Å²) in [6.45, 7) is 2.42. The van der Waals surface area contributed by atoms with Crippen LogP contribution in [-0.2, 0) is 33.3 Å². The van der Waals surface area contributed by atoms with Crippen LogP contribution >= 0.6 is 0 Å². The minimum absolute atomic E-state index is 0.547. The summed E-state index contributed by atoms with van der Waals surface area (Å²) < 4.78 is 27.9. The molecule has 3 aliphatic rings. The Hall–Kier alpha value is -1.58. The third-order valence-electron chi connectivity index (χ3n) is 6.84. The van der Waals surface area contributed by atoms with E-state index in [1.54, 1.807) is 0 Å². The van der Waals surface area contributed by atoms with Gasteiger partial charge in [-0.15, -0.1) is 0 Å². The third-order valence-corrected chi connectivity index (χ3v) is 6.84. The second kappa shape index (κ2) is 13.4. The summed E-state index contributed by atoms with van der Waals surface area (Å²) in [5.74, 6) is -1.25. The van der Waals surface area contributed by atoms with E-state index in [0.717, 1.165) is 13.8 Å². The van der Waals surface area contributed by atoms with Crippen LogP contribution in [-0.4, -0.2) is 158 Å². The molecule has 0 saturated carbocycles. The Kier molecular flexibility index (Phi) is 11.0. The Morgan fingerprint density at radius 2 is 1.33 bits per heavy atom. The summed E-state index contributed by atoms with van der Waals surface area (Å²) in [6, 6.07) is -2.80. The molecule has 0 aromatic rings. The topological polar surface area (TPSA) is 266 Å². The second-order valence-corrected chi connectivity index (χ2v) is 9.83. The molecule has 17 nitrogen and oxygen atoms in total. The van der Waals surface area contributed by atoms with E-state index in [-0.39, 0.29) is 0 Å². The zero-order chi connectivity index (χ0) is 29.2. The van der Waals surface area contributed by atoms with Gasteiger partial charge in [-0.05, 0) is 6.92 Å². The Labute approximate surface area is 223 Å². The summed E-state index contributed by atoms with van der Waals surface area (Å²) in [5.41, 5.74) is 0. The molecule has 39 heavy (non-hydrogen) atoms. The smallest absolute Gasteiger partial charge is 0.217 e. The summed E-state index contributed by atoms with van der Waals surface area (Å²) >= 11 is 0. The molecule has 15 atom stereocenters. The summed E-state index contributed by atoms with van der Waals surface area (Å²) in [6.07, 6.45) is -19.6. The van der Waals surface area contributed by atoms with Crippen molar-refractivity contribution in [2.45, 2.75) is 113 Å². The highest BCUT2D eigenvalue weighted by atomic mass is 16.7. The standard InChI is InChI=1S/C22H38N2O15/c1-6-13(28)17(32)18(33)22(36-6)35-5-10-19(16(31)11(20(34)37-10)23-7(2)26)39-21-12(24-8(3)27)15(30)14(29)9(4-25)38-21/h6,9-22,25,28-34H,4-5H2,1-3H3,(H,23,26)(H,24,27)/t6-,9+,10+,11+,12+,13+,14+,15+,16+,17+,18-,19+,20+,21+,22+/m0/s1. The molecule has 3 heterocycles. The average molecular weight is 571 g/mol. The van der Waals surface area contributed by atoms with Gasteiger partial charge in [-0.2, -0.15) is 0 Å². The van der Waals surface area contributed by atoms with Crippen LogP contribution in [0.25, 0.3) is 0 Å². The molecular weight excluding hydrogens is 532 g/mol. The summed E-state index contributed by atoms with van der Waals surface area (Å²) in [4.78, 5) is 23.4. The largest absolute Gasteiger partial charge is 0.394 e. The number of aliphatic hydroxyl groups excluding tert-OH is 8. The van der Waals surface area contributed by atoms with Crippen LogP contribution in [0.4, 0.5) is 0 Å². The van der Waals surface area contributed by atoms with Gasteiger partial charge in [-0.25, -0.2) is 0 Å². The van der Waals surface area contributed by atoms with Crippen molar-refractivity contribution in [1.29, 1.82) is 0 Å². The van der Waals surface area contributed by atoms with Crippen LogP contribution in [0.3, 0.4) is 0 Å². The number of amides is 2. The predicted octanol–water partition coefficient (Wildman–Crippen LogP) is -6.26. The van der Waals surface area contributed by atoms with Crippen molar-refractivity contribution < 1.29 is 74.1 Å². The maximum absolute atomic E-state index is 11.8. The van der Waals surface area contributed by atoms with E-state index in [4.69, 9.17) is 23.7 Å². The fraction of sp³-hybridized carbons (Fsp3) is 0.909. The normalized spacial score (nSPS) is 46.9. The molecule has 226 valence electrons. The van der Waals surface area contributed by atoms with E-state index in [0.29, 0.717) is 0 Å². The molecule has 3 fully saturated rings. The highest BCUT2D eigenvalue weighted by Crippen LogP contribution is 2.30. The van der Waals surface area contributed by atoms with Crippen molar-refractivity contribution in [2.75, 3.05) is 13.2 Å². The monoisotopic (exact) mass is 570 g/mol. The zero-order valence-corrected chi connectivity index (χ0v) is 21.5. The molecule has 0 bridgehead atoms. The highest BCUT2D eigenvalue weighted by molar-refractivity contribution is 5.73. The molecule has 0 spiro atoms. The second-order valence-electron chi connectivity index (χ2n) is 9.83. The van der Waals surface area contributed by atoms with Crippen molar-refractivity contribution in [3.63, 3.8) is 0 Å². The quantitative estimate of drug-likeness (QED) is 0.130. The fourth-order valence-corrected chi connectivity index (χ4v) is 4.71. The summed E-state index contributed by atoms with van der Waals surface area (Å²) in [5, 5.41) is 86.8. The molecule has 3 saturated heterocycles. The molecule has 10 N–H and O–H groups in total. The van der Waals surface area contributed by atoms with Crippen molar-refractivity contribution in [3.05, 3.63) is 0 Å². The van der Waals surface area contributed by atoms with Crippen LogP contribution in [0, 0.1) is 0 Å². The average Bonchev–Trinajstić information content (AvgIpc) is 2.87. The van der Waals surface area contributed by atoms with Gasteiger partial charge in [0.25, 0.3) is 0 Å². The summed E-state index contributed by atoms with van der Waals surface area (Å²) in [7, 11) is 0. The minimum atomic E-state index is -1.77. The van der Waals surface area contributed by atoms with Crippen molar-refractivity contribution >= 4 is 11.8 Å². The van der Waals surface area contributed by atoms with Crippen LogP contribution < -0.4 is 10.6 Å². The van der Waals surface area contributed by atoms with Crippen molar-refractivity contribution in [1.82, 2.24) is 10.6 Å². The van der Waals surface area contributed by atoms with Crippen LogP contribution in [0.1, 0.15) is 20.8 Å². The minimum Gasteiger partial charge on any atom is -0.394 e. The molecule has 3 rings (SSSR count). The first-order valence-electron chi connectivity index (χ1n) is 12.4. The fourth-order valence-electron chi connectivity index (χ4n) is 4.71. The molecule has 0 unspecified atom stereocenters. The lowest BCUT2D eigenvalue weighted by Crippen LogP contribution is -2.69. The van der Waals surface area contributed by atoms with E-state index in [1.807, 2.05) is 0 Å². The SMILES string of the molecule is CC(=O)N[C@@H]1[C@@H](O)[C@H](O[C@H]2O[C@H](CO)[C@@H](O)[C@H](O)[C@H]2NC(C)=O)[C@@H](CO[C@@H]2O[C@@H](C)[C@@H](O)[C@@H](O)[C@@H]2O)O[C@H]1O. The number of ether oxygens (including phenoxy) is 5. The predicted molar refractivity (Wildman–Crippen MR) is 123 cm³/mol. The molecule has 0 aromatic carbocycles. The number of hydrogen-bond acceptors (Lipinski definition) is 15. The van der Waals surface area contributed by atoms with Gasteiger partial charge in [-0.1, -0.05) is 0 Å². The van der Waals surface area contributed by atoms with E-state index in [2.05, 4.69) is 10.6 Å². The number of nitrogens with one attached hydrogen (secondary N) is 2. The molecular formula is C22H38N2O15. The Bertz CT molecular complexity index is 837. The van der Waals surface area contributed by atoms with Crippen LogP contribution in [0.5, 0.6) is 0 Å². The first kappa shape index (κ1) is 31.9. The maximum Gasteiger partial charge on any atom is 0.217 e. The number of rotatable bonds is 8. The van der Waals surface area contributed by atoms with Crippen LogP contribution in [0.15, 0.2) is 0 Å². The van der Waals surface area contributed by atoms with Crippen LogP contribution in [0.2, 0.25) is 0 Å². The molecule has 0 aliphatic carbocycles. The van der Waals surface area contributed by atoms with Gasteiger partial charge in [0.15, 0.2) is 18.9 Å². The number of aliphatic hydroxyl groups is 8. The lowest BCUT2D eigenvalue weighted by Gasteiger charge is -2.48. The number of carbonyl (C=O) groups excluding carboxylic acids is 2. The molecule has 17 heteroatoms. The van der Waals surface area contributed by atoms with E-state index in [1.165, 1.54) is 6.92 Å². The van der Waals surface area contributed by atoms with Gasteiger partial charge in [0, 0.05) is 13.8 Å². The van der Waals surface area contributed by atoms with Gasteiger partial charge in [-0.3, -0.25) is 9.59 Å². The molecule has 0 aromatic heterocycles. The lowest BCUT2D eigenvalue weighted by atomic mass is 9.94. The maximum atomic E-state index is 11.8. The highest BCUT2D eigenvalue weighted by Gasteiger charge is 2.52. The van der Waals surface area contributed by atoms with Gasteiger partial charge in [0.05, 0.1) is 19.3 Å². The van der Waals surface area contributed by atoms with Crippen molar-refractivity contribution in [2.24, 2.45) is 0 Å². The Morgan fingerprint density at radius 1 is 0.718 bits per heavy atom. The van der Waals surface area contributed by atoms with E-state index < -0.39 is 117 Å². The van der Waals surface area contributed by atoms with Gasteiger partial charge in [0.2, 0.25) is 11.8 Å². The first-order chi connectivity index (χ1) is 18.3. The van der Waals surface area contributed by atoms with Crippen molar-refractivity contribution in [3.8, 4) is 0 Å². The molecule has 2 amide bonds. The lowest BCUT2D eigenvalue weighted by molar-refractivity contribution is -0.340. The first-order valence-corrected chi connectivity index (χ1v) is 12.4. The number of carbonyl (C=O) groups is 2. The van der Waals surface area contributed by atoms with E-state index in [9.17, 15) is 50.4 Å².